The Labute approximate surface area is 117 Å². The second kappa shape index (κ2) is 6.03. The van der Waals surface area contributed by atoms with Crippen LogP contribution in [0.1, 0.15) is 25.3 Å². The van der Waals surface area contributed by atoms with Crippen molar-refractivity contribution in [3.63, 3.8) is 0 Å². The summed E-state index contributed by atoms with van der Waals surface area (Å²) in [6.07, 6.45) is 1.73. The molecule has 1 N–H and O–H groups in total. The first-order valence-corrected chi connectivity index (χ1v) is 6.76. The Hall–Kier alpha value is -1.91. The zero-order chi connectivity index (χ0) is 14.7. The third-order valence-corrected chi connectivity index (χ3v) is 3.70. The van der Waals surface area contributed by atoms with Crippen molar-refractivity contribution in [1.29, 1.82) is 0 Å². The fraction of sp³-hybridized carbons (Fsp3) is 0.467. The number of hydrogen-bond donors (Lipinski definition) is 1. The van der Waals surface area contributed by atoms with Gasteiger partial charge in [0.25, 0.3) is 0 Å². The molecule has 0 aliphatic carbocycles. The summed E-state index contributed by atoms with van der Waals surface area (Å²) in [6, 6.07) is 5.33. The van der Waals surface area contributed by atoms with Gasteiger partial charge in [0.2, 0.25) is 5.91 Å². The van der Waals surface area contributed by atoms with Gasteiger partial charge in [0.1, 0.15) is 11.9 Å². The molecule has 0 bridgehead atoms. The van der Waals surface area contributed by atoms with Crippen LogP contribution >= 0.6 is 0 Å². The quantitative estimate of drug-likeness (QED) is 0.918. The molecule has 4 nitrogen and oxygen atoms in total. The summed E-state index contributed by atoms with van der Waals surface area (Å²) in [5, 5.41) is 9.10. The predicted molar refractivity (Wildman–Crippen MR) is 71.6 cm³/mol. The topological polar surface area (TPSA) is 57.6 Å². The Morgan fingerprint density at radius 2 is 2.05 bits per heavy atom. The first-order valence-electron chi connectivity index (χ1n) is 6.76. The monoisotopic (exact) mass is 279 g/mol. The Morgan fingerprint density at radius 3 is 2.65 bits per heavy atom. The lowest BCUT2D eigenvalue weighted by molar-refractivity contribution is -0.149. The summed E-state index contributed by atoms with van der Waals surface area (Å²) >= 11 is 0. The highest BCUT2D eigenvalue weighted by atomic mass is 19.1. The molecule has 1 amide bonds. The fourth-order valence-corrected chi connectivity index (χ4v) is 2.63. The van der Waals surface area contributed by atoms with E-state index in [0.29, 0.717) is 19.4 Å². The summed E-state index contributed by atoms with van der Waals surface area (Å²) in [5.74, 6) is -1.69. The van der Waals surface area contributed by atoms with E-state index in [4.69, 9.17) is 5.11 Å². The van der Waals surface area contributed by atoms with Gasteiger partial charge in [-0.2, -0.15) is 0 Å². The molecule has 1 fully saturated rings. The summed E-state index contributed by atoms with van der Waals surface area (Å²) < 4.78 is 12.8. The van der Waals surface area contributed by atoms with E-state index in [-0.39, 0.29) is 17.6 Å². The highest BCUT2D eigenvalue weighted by Crippen LogP contribution is 2.21. The maximum atomic E-state index is 12.8. The minimum atomic E-state index is -0.940. The Bertz CT molecular complexity index is 500. The van der Waals surface area contributed by atoms with Crippen LogP contribution in [0.4, 0.5) is 4.39 Å². The third-order valence-electron chi connectivity index (χ3n) is 3.70. The lowest BCUT2D eigenvalue weighted by Gasteiger charge is -2.25. The van der Waals surface area contributed by atoms with Crippen LogP contribution in [0.2, 0.25) is 0 Å². The summed E-state index contributed by atoms with van der Waals surface area (Å²) in [4.78, 5) is 24.9. The number of aliphatic carboxylic acids is 1. The van der Waals surface area contributed by atoms with Gasteiger partial charge in [-0.25, -0.2) is 9.18 Å². The maximum absolute atomic E-state index is 12.8. The molecule has 108 valence electrons. The standard InChI is InChI=1S/C15H18FNO3/c1-10(9-11-4-6-12(16)7-5-11)14(18)17-8-2-3-13(17)15(19)20/h4-7,10,13H,2-3,8-9H2,1H3,(H,19,20)/t10-,13-/m1/s1. The number of halogens is 1. The number of carboxylic acid groups (broad SMARTS) is 1. The molecule has 5 heteroatoms. The normalized spacial score (nSPS) is 19.9. The fourth-order valence-electron chi connectivity index (χ4n) is 2.63. The smallest absolute Gasteiger partial charge is 0.326 e. The van der Waals surface area contributed by atoms with Gasteiger partial charge in [-0.15, -0.1) is 0 Å². The van der Waals surface area contributed by atoms with E-state index in [2.05, 4.69) is 0 Å². The van der Waals surface area contributed by atoms with Crippen LogP contribution in [0.5, 0.6) is 0 Å². The molecule has 0 saturated carbocycles. The molecule has 0 aromatic heterocycles. The number of carbonyl (C=O) groups excluding carboxylic acids is 1. The van der Waals surface area contributed by atoms with Crippen molar-refractivity contribution in [3.8, 4) is 0 Å². The van der Waals surface area contributed by atoms with Gasteiger partial charge in [-0.05, 0) is 37.0 Å². The molecule has 1 aliphatic rings. The van der Waals surface area contributed by atoms with E-state index in [1.807, 2.05) is 0 Å². The largest absolute Gasteiger partial charge is 0.480 e. The molecular weight excluding hydrogens is 261 g/mol. The van der Waals surface area contributed by atoms with E-state index in [1.54, 1.807) is 19.1 Å². The number of rotatable bonds is 4. The predicted octanol–water partition coefficient (Wildman–Crippen LogP) is 2.08. The zero-order valence-corrected chi connectivity index (χ0v) is 11.4. The molecular formula is C15H18FNO3. The minimum absolute atomic E-state index is 0.140. The van der Waals surface area contributed by atoms with E-state index < -0.39 is 12.0 Å². The van der Waals surface area contributed by atoms with Crippen molar-refractivity contribution in [2.75, 3.05) is 6.54 Å². The van der Waals surface area contributed by atoms with Crippen molar-refractivity contribution < 1.29 is 19.1 Å². The van der Waals surface area contributed by atoms with Gasteiger partial charge >= 0.3 is 5.97 Å². The second-order valence-electron chi connectivity index (χ2n) is 5.26. The second-order valence-corrected chi connectivity index (χ2v) is 5.26. The molecule has 0 spiro atoms. The van der Waals surface area contributed by atoms with E-state index in [9.17, 15) is 14.0 Å². The van der Waals surface area contributed by atoms with Crippen LogP contribution in [-0.2, 0) is 16.0 Å². The number of amides is 1. The third kappa shape index (κ3) is 3.15. The van der Waals surface area contributed by atoms with Crippen LogP contribution in [0.15, 0.2) is 24.3 Å². The van der Waals surface area contributed by atoms with Crippen LogP contribution < -0.4 is 0 Å². The first kappa shape index (κ1) is 14.5. The number of hydrogen-bond acceptors (Lipinski definition) is 2. The molecule has 1 saturated heterocycles. The molecule has 20 heavy (non-hydrogen) atoms. The van der Waals surface area contributed by atoms with Crippen molar-refractivity contribution in [2.24, 2.45) is 5.92 Å². The van der Waals surface area contributed by atoms with Crippen molar-refractivity contribution in [1.82, 2.24) is 4.90 Å². The molecule has 1 aromatic carbocycles. The molecule has 1 aliphatic heterocycles. The Morgan fingerprint density at radius 1 is 1.40 bits per heavy atom. The molecule has 0 radical (unpaired) electrons. The molecule has 2 atom stereocenters. The summed E-state index contributed by atoms with van der Waals surface area (Å²) in [7, 11) is 0. The maximum Gasteiger partial charge on any atom is 0.326 e. The molecule has 1 aromatic rings. The number of nitrogens with zero attached hydrogens (tertiary/aromatic N) is 1. The lowest BCUT2D eigenvalue weighted by Crippen LogP contribution is -2.43. The van der Waals surface area contributed by atoms with Gasteiger partial charge < -0.3 is 10.0 Å². The molecule has 0 unspecified atom stereocenters. The van der Waals surface area contributed by atoms with E-state index in [0.717, 1.165) is 12.0 Å². The van der Waals surface area contributed by atoms with Gasteiger partial charge in [-0.3, -0.25) is 4.79 Å². The van der Waals surface area contributed by atoms with Gasteiger partial charge in [0.15, 0.2) is 0 Å². The summed E-state index contributed by atoms with van der Waals surface area (Å²) in [6.45, 7) is 2.28. The van der Waals surface area contributed by atoms with E-state index in [1.165, 1.54) is 17.0 Å². The Balaban J connectivity index is 2.01. The van der Waals surface area contributed by atoms with Crippen molar-refractivity contribution in [3.05, 3.63) is 35.6 Å². The van der Waals surface area contributed by atoms with E-state index >= 15 is 0 Å². The number of carboxylic acids is 1. The lowest BCUT2D eigenvalue weighted by atomic mass is 9.99. The zero-order valence-electron chi connectivity index (χ0n) is 11.4. The summed E-state index contributed by atoms with van der Waals surface area (Å²) in [5.41, 5.74) is 0.873. The number of likely N-dealkylation sites (tertiary alicyclic amines) is 1. The Kier molecular flexibility index (Phi) is 4.37. The molecule has 2 rings (SSSR count). The highest BCUT2D eigenvalue weighted by Gasteiger charge is 2.35. The van der Waals surface area contributed by atoms with Gasteiger partial charge in [0.05, 0.1) is 0 Å². The SMILES string of the molecule is C[C@H](Cc1ccc(F)cc1)C(=O)N1CCC[C@@H]1C(=O)O. The van der Waals surface area contributed by atoms with Crippen LogP contribution in [0.3, 0.4) is 0 Å². The van der Waals surface area contributed by atoms with Crippen LogP contribution in [0, 0.1) is 11.7 Å². The van der Waals surface area contributed by atoms with Crippen molar-refractivity contribution in [2.45, 2.75) is 32.2 Å². The molecule has 1 heterocycles. The highest BCUT2D eigenvalue weighted by molar-refractivity contribution is 5.85. The van der Waals surface area contributed by atoms with Gasteiger partial charge in [0, 0.05) is 12.5 Å². The number of carbonyl (C=O) groups is 2. The van der Waals surface area contributed by atoms with Crippen molar-refractivity contribution >= 4 is 11.9 Å². The average molecular weight is 279 g/mol. The van der Waals surface area contributed by atoms with Crippen LogP contribution in [0.25, 0.3) is 0 Å². The number of benzene rings is 1. The average Bonchev–Trinajstić information content (AvgIpc) is 2.90. The van der Waals surface area contributed by atoms with Gasteiger partial charge in [-0.1, -0.05) is 19.1 Å². The first-order chi connectivity index (χ1) is 9.49. The minimum Gasteiger partial charge on any atom is -0.480 e. The van der Waals surface area contributed by atoms with Crippen LogP contribution in [-0.4, -0.2) is 34.5 Å².